The Balaban J connectivity index is 1.76. The van der Waals surface area contributed by atoms with Gasteiger partial charge in [-0.15, -0.1) is 0 Å². The molecule has 0 saturated heterocycles. The molecule has 0 aliphatic rings. The van der Waals surface area contributed by atoms with Crippen molar-refractivity contribution in [1.29, 1.82) is 0 Å². The van der Waals surface area contributed by atoms with Crippen LogP contribution >= 0.6 is 0 Å². The van der Waals surface area contributed by atoms with Crippen LogP contribution in [0.3, 0.4) is 0 Å². The Morgan fingerprint density at radius 2 is 1.83 bits per heavy atom. The van der Waals surface area contributed by atoms with Crippen LogP contribution in [-0.2, 0) is 0 Å². The summed E-state index contributed by atoms with van der Waals surface area (Å²) < 4.78 is 19.3. The second-order valence-electron chi connectivity index (χ2n) is 6.94. The molecule has 0 saturated carbocycles. The SMILES string of the molecule is Cc1ccc(F)c(NC(=O)c2coc([C@H](NC(=O)c3ccncc3)C(C)C)n2)c1. The minimum Gasteiger partial charge on any atom is -0.446 e. The zero-order valence-corrected chi connectivity index (χ0v) is 16.3. The maximum absolute atomic E-state index is 13.9. The number of carbonyl (C=O) groups excluding carboxylic acids is 2. The second kappa shape index (κ2) is 8.64. The maximum Gasteiger partial charge on any atom is 0.277 e. The van der Waals surface area contributed by atoms with E-state index in [1.807, 2.05) is 13.8 Å². The number of aryl methyl sites for hydroxylation is 1. The quantitative estimate of drug-likeness (QED) is 0.659. The van der Waals surface area contributed by atoms with Crippen molar-refractivity contribution in [3.05, 3.63) is 77.5 Å². The summed E-state index contributed by atoms with van der Waals surface area (Å²) in [6, 6.07) is 7.06. The lowest BCUT2D eigenvalue weighted by molar-refractivity contribution is 0.0916. The van der Waals surface area contributed by atoms with Crippen molar-refractivity contribution in [3.8, 4) is 0 Å². The molecule has 7 nitrogen and oxygen atoms in total. The number of rotatable bonds is 6. The molecule has 0 aliphatic heterocycles. The molecule has 0 fully saturated rings. The van der Waals surface area contributed by atoms with E-state index in [0.29, 0.717) is 5.56 Å². The average molecular weight is 396 g/mol. The first-order valence-corrected chi connectivity index (χ1v) is 9.09. The number of hydrogen-bond donors (Lipinski definition) is 2. The highest BCUT2D eigenvalue weighted by Crippen LogP contribution is 2.23. The first-order valence-electron chi connectivity index (χ1n) is 9.09. The van der Waals surface area contributed by atoms with Crippen LogP contribution in [0.4, 0.5) is 10.1 Å². The molecule has 1 aromatic carbocycles. The van der Waals surface area contributed by atoms with Gasteiger partial charge in [0.2, 0.25) is 5.89 Å². The third kappa shape index (κ3) is 4.84. The standard InChI is InChI=1S/C21H21FN4O3/c1-12(2)18(26-19(27)14-6-8-23-9-7-14)21-25-17(11-29-21)20(28)24-16-10-13(3)4-5-15(16)22/h4-12,18H,1-3H3,(H,24,28)(H,26,27)/t18-/m1/s1. The molecule has 0 bridgehead atoms. The third-order valence-corrected chi connectivity index (χ3v) is 4.29. The predicted octanol–water partition coefficient (Wildman–Crippen LogP) is 3.90. The number of oxazole rings is 1. The minimum absolute atomic E-state index is 0.00952. The molecule has 3 rings (SSSR count). The molecule has 3 aromatic rings. The van der Waals surface area contributed by atoms with Crippen molar-refractivity contribution in [3.63, 3.8) is 0 Å². The second-order valence-corrected chi connectivity index (χ2v) is 6.94. The molecule has 150 valence electrons. The van der Waals surface area contributed by atoms with Crippen molar-refractivity contribution < 1.29 is 18.4 Å². The fourth-order valence-electron chi connectivity index (χ4n) is 2.70. The summed E-state index contributed by atoms with van der Waals surface area (Å²) in [6.07, 6.45) is 4.24. The van der Waals surface area contributed by atoms with Gasteiger partial charge in [0.15, 0.2) is 5.69 Å². The van der Waals surface area contributed by atoms with Gasteiger partial charge in [0.25, 0.3) is 11.8 Å². The lowest BCUT2D eigenvalue weighted by atomic mass is 10.0. The molecule has 2 N–H and O–H groups in total. The van der Waals surface area contributed by atoms with Crippen LogP contribution in [0.2, 0.25) is 0 Å². The van der Waals surface area contributed by atoms with Crippen molar-refractivity contribution in [2.45, 2.75) is 26.8 Å². The third-order valence-electron chi connectivity index (χ3n) is 4.29. The first-order chi connectivity index (χ1) is 13.8. The van der Waals surface area contributed by atoms with Gasteiger partial charge in [0.05, 0.1) is 5.69 Å². The Bertz CT molecular complexity index is 1020. The smallest absolute Gasteiger partial charge is 0.277 e. The number of hydrogen-bond acceptors (Lipinski definition) is 5. The van der Waals surface area contributed by atoms with E-state index in [-0.39, 0.29) is 29.1 Å². The zero-order valence-electron chi connectivity index (χ0n) is 16.3. The summed E-state index contributed by atoms with van der Waals surface area (Å²) in [5.41, 5.74) is 1.31. The highest BCUT2D eigenvalue weighted by Gasteiger charge is 2.25. The van der Waals surface area contributed by atoms with E-state index in [4.69, 9.17) is 4.42 Å². The van der Waals surface area contributed by atoms with Crippen molar-refractivity contribution in [2.24, 2.45) is 5.92 Å². The van der Waals surface area contributed by atoms with Crippen LogP contribution in [0.1, 0.15) is 52.2 Å². The van der Waals surface area contributed by atoms with Crippen LogP contribution in [0.25, 0.3) is 0 Å². The molecule has 0 unspecified atom stereocenters. The van der Waals surface area contributed by atoms with Crippen LogP contribution in [-0.4, -0.2) is 21.8 Å². The molecule has 2 aromatic heterocycles. The Labute approximate surface area is 167 Å². The predicted molar refractivity (Wildman–Crippen MR) is 105 cm³/mol. The number of amides is 2. The van der Waals surface area contributed by atoms with Gasteiger partial charge in [0, 0.05) is 18.0 Å². The van der Waals surface area contributed by atoms with E-state index in [9.17, 15) is 14.0 Å². The van der Waals surface area contributed by atoms with Gasteiger partial charge in [-0.05, 0) is 42.7 Å². The summed E-state index contributed by atoms with van der Waals surface area (Å²) in [5.74, 6) is -1.32. The van der Waals surface area contributed by atoms with E-state index in [2.05, 4.69) is 20.6 Å². The Morgan fingerprint density at radius 3 is 2.52 bits per heavy atom. The molecule has 2 amide bonds. The van der Waals surface area contributed by atoms with Gasteiger partial charge >= 0.3 is 0 Å². The molecular formula is C21H21FN4O3. The Morgan fingerprint density at radius 1 is 1.10 bits per heavy atom. The van der Waals surface area contributed by atoms with Crippen molar-refractivity contribution in [2.75, 3.05) is 5.32 Å². The summed E-state index contributed by atoms with van der Waals surface area (Å²) in [5, 5.41) is 5.34. The number of pyridine rings is 1. The topological polar surface area (TPSA) is 97.1 Å². The van der Waals surface area contributed by atoms with Gasteiger partial charge in [-0.1, -0.05) is 19.9 Å². The number of nitrogens with one attached hydrogen (secondary N) is 2. The zero-order chi connectivity index (χ0) is 21.0. The van der Waals surface area contributed by atoms with Gasteiger partial charge in [-0.3, -0.25) is 14.6 Å². The van der Waals surface area contributed by atoms with E-state index >= 15 is 0 Å². The molecule has 0 radical (unpaired) electrons. The molecular weight excluding hydrogens is 375 g/mol. The molecule has 0 aliphatic carbocycles. The number of nitrogens with zero attached hydrogens (tertiary/aromatic N) is 2. The number of aromatic nitrogens is 2. The van der Waals surface area contributed by atoms with Crippen LogP contribution in [0, 0.1) is 18.7 Å². The van der Waals surface area contributed by atoms with Crippen LogP contribution in [0.15, 0.2) is 53.4 Å². The highest BCUT2D eigenvalue weighted by molar-refractivity contribution is 6.02. The van der Waals surface area contributed by atoms with E-state index in [1.54, 1.807) is 25.1 Å². The number of anilines is 1. The van der Waals surface area contributed by atoms with Gasteiger partial charge in [-0.25, -0.2) is 9.37 Å². The molecule has 0 spiro atoms. The summed E-state index contributed by atoms with van der Waals surface area (Å²) >= 11 is 0. The van der Waals surface area contributed by atoms with Gasteiger partial charge < -0.3 is 15.1 Å². The van der Waals surface area contributed by atoms with Crippen molar-refractivity contribution >= 4 is 17.5 Å². The van der Waals surface area contributed by atoms with Gasteiger partial charge in [-0.2, -0.15) is 0 Å². The fourth-order valence-corrected chi connectivity index (χ4v) is 2.70. The normalized spacial score (nSPS) is 11.9. The largest absolute Gasteiger partial charge is 0.446 e. The summed E-state index contributed by atoms with van der Waals surface area (Å²) in [6.45, 7) is 5.58. The lowest BCUT2D eigenvalue weighted by Crippen LogP contribution is -2.32. The number of halogens is 1. The van der Waals surface area contributed by atoms with E-state index in [1.165, 1.54) is 30.8 Å². The van der Waals surface area contributed by atoms with Crippen LogP contribution < -0.4 is 10.6 Å². The summed E-state index contributed by atoms with van der Waals surface area (Å²) in [4.78, 5) is 33.0. The van der Waals surface area contributed by atoms with E-state index in [0.717, 1.165) is 5.56 Å². The van der Waals surface area contributed by atoms with Crippen LogP contribution in [0.5, 0.6) is 0 Å². The highest BCUT2D eigenvalue weighted by atomic mass is 19.1. The van der Waals surface area contributed by atoms with E-state index < -0.39 is 17.8 Å². The molecule has 2 heterocycles. The number of carbonyl (C=O) groups is 2. The minimum atomic E-state index is -0.604. The number of benzene rings is 1. The molecule has 1 atom stereocenters. The summed E-state index contributed by atoms with van der Waals surface area (Å²) in [7, 11) is 0. The fraction of sp³-hybridized carbons (Fsp3) is 0.238. The van der Waals surface area contributed by atoms with Gasteiger partial charge in [0.1, 0.15) is 18.1 Å². The average Bonchev–Trinajstić information content (AvgIpc) is 3.19. The monoisotopic (exact) mass is 396 g/mol. The maximum atomic E-state index is 13.9. The Hall–Kier alpha value is -3.55. The molecule has 29 heavy (non-hydrogen) atoms. The first kappa shape index (κ1) is 20.2. The molecule has 8 heteroatoms. The lowest BCUT2D eigenvalue weighted by Gasteiger charge is -2.19. The Kier molecular flexibility index (Phi) is 6.01. The van der Waals surface area contributed by atoms with Crippen molar-refractivity contribution in [1.82, 2.24) is 15.3 Å².